The molecule has 136 valence electrons. The van der Waals surface area contributed by atoms with Crippen LogP contribution in [-0.2, 0) is 16.9 Å². The monoisotopic (exact) mass is 375 g/mol. The molecule has 26 heavy (non-hydrogen) atoms. The van der Waals surface area contributed by atoms with Gasteiger partial charge in [0.25, 0.3) is 11.8 Å². The molecule has 3 rings (SSSR count). The van der Waals surface area contributed by atoms with Crippen molar-refractivity contribution in [1.29, 1.82) is 0 Å². The molecule has 1 amide bonds. The largest absolute Gasteiger partial charge is 0.401 e. The van der Waals surface area contributed by atoms with Gasteiger partial charge >= 0.3 is 6.01 Å². The topological polar surface area (TPSA) is 120 Å². The maximum absolute atomic E-state index is 12.5. The first-order valence-corrected chi connectivity index (χ1v) is 9.44. The van der Waals surface area contributed by atoms with Crippen molar-refractivity contribution in [3.8, 4) is 11.6 Å². The Morgan fingerprint density at radius 3 is 2.65 bits per heavy atom. The number of benzene rings is 1. The van der Waals surface area contributed by atoms with Gasteiger partial charge in [-0.1, -0.05) is 24.2 Å². The first-order chi connectivity index (χ1) is 12.3. The number of hydrogen-bond donors (Lipinski definition) is 1. The van der Waals surface area contributed by atoms with E-state index in [0.717, 1.165) is 5.69 Å². The quantitative estimate of drug-likeness (QED) is 0.722. The number of carbonyl (C=O) groups excluding carboxylic acids is 1. The smallest absolute Gasteiger partial charge is 0.322 e. The Bertz CT molecular complexity index is 1070. The van der Waals surface area contributed by atoms with E-state index in [-0.39, 0.29) is 28.1 Å². The lowest BCUT2D eigenvalue weighted by Crippen LogP contribution is -2.17. The van der Waals surface area contributed by atoms with Gasteiger partial charge < -0.3 is 4.42 Å². The Kier molecular flexibility index (Phi) is 4.60. The van der Waals surface area contributed by atoms with E-state index in [1.165, 1.54) is 19.1 Å². The van der Waals surface area contributed by atoms with Gasteiger partial charge in [-0.3, -0.25) is 14.8 Å². The molecule has 1 N–H and O–H groups in total. The standard InChI is InChI=1S/C16H17N5O4S/c1-4-26(23,24)13-8-6-5-7-11(13)14(22)17-16-19-18-15(25-16)12-9-10(2)20-21(12)3/h5-9H,4H2,1-3H3,(H,17,19,22). The van der Waals surface area contributed by atoms with Crippen LogP contribution in [0.1, 0.15) is 23.0 Å². The number of nitrogens with zero attached hydrogens (tertiary/aromatic N) is 4. The minimum Gasteiger partial charge on any atom is -0.401 e. The fourth-order valence-electron chi connectivity index (χ4n) is 2.43. The van der Waals surface area contributed by atoms with Gasteiger partial charge in [-0.25, -0.2) is 8.42 Å². The van der Waals surface area contributed by atoms with E-state index < -0.39 is 15.7 Å². The molecule has 0 radical (unpaired) electrons. The second-order valence-electron chi connectivity index (χ2n) is 5.56. The molecule has 3 aromatic rings. The zero-order chi connectivity index (χ0) is 18.9. The number of amides is 1. The lowest BCUT2D eigenvalue weighted by Gasteiger charge is -2.07. The molecule has 0 atom stereocenters. The van der Waals surface area contributed by atoms with Crippen molar-refractivity contribution in [2.45, 2.75) is 18.7 Å². The van der Waals surface area contributed by atoms with Crippen molar-refractivity contribution in [3.63, 3.8) is 0 Å². The van der Waals surface area contributed by atoms with Gasteiger partial charge in [-0.05, 0) is 25.1 Å². The van der Waals surface area contributed by atoms with Gasteiger partial charge in [0.2, 0.25) is 0 Å². The second-order valence-corrected chi connectivity index (χ2v) is 7.81. The summed E-state index contributed by atoms with van der Waals surface area (Å²) in [4.78, 5) is 12.5. The van der Waals surface area contributed by atoms with Gasteiger partial charge in [-0.2, -0.15) is 5.10 Å². The number of rotatable bonds is 5. The fourth-order valence-corrected chi connectivity index (χ4v) is 3.53. The van der Waals surface area contributed by atoms with Crippen molar-refractivity contribution < 1.29 is 17.6 Å². The predicted octanol–water partition coefficient (Wildman–Crippen LogP) is 1.82. The molecule has 0 saturated heterocycles. The number of hydrogen-bond acceptors (Lipinski definition) is 7. The van der Waals surface area contributed by atoms with Crippen LogP contribution in [0.15, 0.2) is 39.6 Å². The van der Waals surface area contributed by atoms with Crippen LogP contribution in [0.25, 0.3) is 11.6 Å². The van der Waals surface area contributed by atoms with Crippen molar-refractivity contribution in [3.05, 3.63) is 41.6 Å². The molecule has 1 aromatic carbocycles. The molecule has 0 unspecified atom stereocenters. The molecule has 0 aliphatic carbocycles. The maximum Gasteiger partial charge on any atom is 0.322 e. The number of carbonyl (C=O) groups is 1. The number of anilines is 1. The molecule has 0 aliphatic heterocycles. The van der Waals surface area contributed by atoms with Crippen molar-refractivity contribution >= 4 is 21.8 Å². The second kappa shape index (κ2) is 6.71. The average Bonchev–Trinajstić information content (AvgIpc) is 3.20. The van der Waals surface area contributed by atoms with Crippen LogP contribution in [-0.4, -0.2) is 40.1 Å². The summed E-state index contributed by atoms with van der Waals surface area (Å²) in [5.74, 6) is -0.561. The van der Waals surface area contributed by atoms with Gasteiger partial charge in [0.1, 0.15) is 5.69 Å². The highest BCUT2D eigenvalue weighted by Gasteiger charge is 2.22. The first kappa shape index (κ1) is 17.8. The summed E-state index contributed by atoms with van der Waals surface area (Å²) in [6.07, 6.45) is 0. The lowest BCUT2D eigenvalue weighted by atomic mass is 10.2. The minimum atomic E-state index is -3.55. The molecule has 10 heteroatoms. The Morgan fingerprint density at radius 2 is 2.00 bits per heavy atom. The van der Waals surface area contributed by atoms with Gasteiger partial charge in [-0.15, -0.1) is 5.10 Å². The normalized spacial score (nSPS) is 11.5. The van der Waals surface area contributed by atoms with E-state index in [1.54, 1.807) is 29.9 Å². The molecule has 0 spiro atoms. The highest BCUT2D eigenvalue weighted by Crippen LogP contribution is 2.22. The molecule has 0 bridgehead atoms. The van der Waals surface area contributed by atoms with Gasteiger partial charge in [0, 0.05) is 7.05 Å². The third-order valence-electron chi connectivity index (χ3n) is 3.71. The summed E-state index contributed by atoms with van der Waals surface area (Å²) < 4.78 is 31.4. The van der Waals surface area contributed by atoms with Crippen LogP contribution in [0.4, 0.5) is 6.01 Å². The molecular formula is C16H17N5O4S. The lowest BCUT2D eigenvalue weighted by molar-refractivity contribution is 0.102. The van der Waals surface area contributed by atoms with Crippen LogP contribution in [0.2, 0.25) is 0 Å². The Morgan fingerprint density at radius 1 is 1.27 bits per heavy atom. The molecular weight excluding hydrogens is 358 g/mol. The highest BCUT2D eigenvalue weighted by molar-refractivity contribution is 7.91. The molecule has 2 aromatic heterocycles. The minimum absolute atomic E-state index is 0.0190. The Labute approximate surface area is 150 Å². The zero-order valence-corrected chi connectivity index (χ0v) is 15.2. The number of aromatic nitrogens is 4. The summed E-state index contributed by atoms with van der Waals surface area (Å²) in [7, 11) is -1.81. The van der Waals surface area contributed by atoms with E-state index in [2.05, 4.69) is 20.6 Å². The third-order valence-corrected chi connectivity index (χ3v) is 5.50. The zero-order valence-electron chi connectivity index (χ0n) is 14.4. The summed E-state index contributed by atoms with van der Waals surface area (Å²) in [6, 6.07) is 7.61. The maximum atomic E-state index is 12.5. The van der Waals surface area contributed by atoms with Crippen LogP contribution >= 0.6 is 0 Å². The molecule has 0 fully saturated rings. The Hall–Kier alpha value is -3.01. The molecule has 0 aliphatic rings. The molecule has 9 nitrogen and oxygen atoms in total. The van der Waals surface area contributed by atoms with Crippen LogP contribution in [0.5, 0.6) is 0 Å². The number of sulfone groups is 1. The van der Waals surface area contributed by atoms with Gasteiger partial charge in [0.05, 0.1) is 21.9 Å². The van der Waals surface area contributed by atoms with Crippen LogP contribution in [0, 0.1) is 6.92 Å². The SMILES string of the molecule is CCS(=O)(=O)c1ccccc1C(=O)Nc1nnc(-c2cc(C)nn2C)o1. The molecule has 0 saturated carbocycles. The van der Waals surface area contributed by atoms with E-state index in [0.29, 0.717) is 5.69 Å². The number of nitrogens with one attached hydrogen (secondary N) is 1. The summed E-state index contributed by atoms with van der Waals surface area (Å²) in [5, 5.41) is 14.3. The Balaban J connectivity index is 1.88. The fraction of sp³-hybridized carbons (Fsp3) is 0.250. The average molecular weight is 375 g/mol. The van der Waals surface area contributed by atoms with Crippen LogP contribution in [0.3, 0.4) is 0 Å². The molecule has 2 heterocycles. The summed E-state index contributed by atoms with van der Waals surface area (Å²) in [6.45, 7) is 3.35. The predicted molar refractivity (Wildman–Crippen MR) is 93.4 cm³/mol. The highest BCUT2D eigenvalue weighted by atomic mass is 32.2. The van der Waals surface area contributed by atoms with E-state index in [1.807, 2.05) is 6.92 Å². The summed E-state index contributed by atoms with van der Waals surface area (Å²) >= 11 is 0. The van der Waals surface area contributed by atoms with Crippen molar-refractivity contribution in [2.24, 2.45) is 7.05 Å². The van der Waals surface area contributed by atoms with E-state index in [9.17, 15) is 13.2 Å². The van der Waals surface area contributed by atoms with E-state index in [4.69, 9.17) is 4.42 Å². The van der Waals surface area contributed by atoms with Crippen molar-refractivity contribution in [1.82, 2.24) is 20.0 Å². The third kappa shape index (κ3) is 3.36. The first-order valence-electron chi connectivity index (χ1n) is 7.79. The van der Waals surface area contributed by atoms with Crippen LogP contribution < -0.4 is 5.32 Å². The van der Waals surface area contributed by atoms with E-state index >= 15 is 0 Å². The number of aryl methyl sites for hydroxylation is 2. The van der Waals surface area contributed by atoms with Crippen molar-refractivity contribution in [2.75, 3.05) is 11.1 Å². The summed E-state index contributed by atoms with van der Waals surface area (Å²) in [5.41, 5.74) is 1.40. The van der Waals surface area contributed by atoms with Gasteiger partial charge in [0.15, 0.2) is 9.84 Å².